The Balaban J connectivity index is 1.63. The summed E-state index contributed by atoms with van der Waals surface area (Å²) in [6, 6.07) is 2.24. The Morgan fingerprint density at radius 3 is 2.74 bits per heavy atom. The average Bonchev–Trinajstić information content (AvgIpc) is 2.98. The van der Waals surface area contributed by atoms with Gasteiger partial charge in [0.2, 0.25) is 0 Å². The van der Waals surface area contributed by atoms with Gasteiger partial charge in [0, 0.05) is 37.5 Å². The fourth-order valence-electron chi connectivity index (χ4n) is 3.05. The van der Waals surface area contributed by atoms with Crippen molar-refractivity contribution < 1.29 is 4.79 Å². The molecule has 1 fully saturated rings. The van der Waals surface area contributed by atoms with Gasteiger partial charge in [-0.25, -0.2) is 9.97 Å². The van der Waals surface area contributed by atoms with Gasteiger partial charge in [-0.2, -0.15) is 0 Å². The number of hydrogen-bond donors (Lipinski definition) is 0. The monoisotopic (exact) mass is 332 g/mol. The lowest BCUT2D eigenvalue weighted by Crippen LogP contribution is -2.47. The van der Waals surface area contributed by atoms with Gasteiger partial charge in [-0.3, -0.25) is 4.90 Å². The third-order valence-corrected chi connectivity index (χ3v) is 5.57. The summed E-state index contributed by atoms with van der Waals surface area (Å²) in [6.07, 6.45) is 4.40. The predicted octanol–water partition coefficient (Wildman–Crippen LogP) is 2.74. The first-order valence-corrected chi connectivity index (χ1v) is 9.19. The normalized spacial score (nSPS) is 16.2. The molecule has 0 N–H and O–H groups in total. The molecule has 0 unspecified atom stereocenters. The molecule has 124 valence electrons. The highest BCUT2D eigenvalue weighted by molar-refractivity contribution is 7.18. The van der Waals surface area contributed by atoms with E-state index < -0.39 is 0 Å². The number of piperazine rings is 1. The summed E-state index contributed by atoms with van der Waals surface area (Å²) in [5, 5.41) is 1.19. The number of carbonyl (C=O) groups excluding carboxylic acids is 1. The first-order valence-electron chi connectivity index (χ1n) is 8.37. The minimum atomic E-state index is 0.288. The van der Waals surface area contributed by atoms with Crippen LogP contribution in [0.2, 0.25) is 0 Å². The SMILES string of the molecule is CCc1cc2c(N3CCN(CCCC(C)=O)CC3)ncnc2s1. The van der Waals surface area contributed by atoms with Gasteiger partial charge in [0.05, 0.1) is 5.39 Å². The molecule has 0 bridgehead atoms. The van der Waals surface area contributed by atoms with Crippen molar-refractivity contribution >= 4 is 33.2 Å². The van der Waals surface area contributed by atoms with E-state index in [1.54, 1.807) is 24.6 Å². The molecule has 0 atom stereocenters. The first kappa shape index (κ1) is 16.3. The summed E-state index contributed by atoms with van der Waals surface area (Å²) in [4.78, 5) is 27.3. The van der Waals surface area contributed by atoms with Gasteiger partial charge in [0.1, 0.15) is 22.8 Å². The second-order valence-corrected chi connectivity index (χ2v) is 7.23. The zero-order chi connectivity index (χ0) is 16.2. The minimum absolute atomic E-state index is 0.288. The molecule has 0 aromatic carbocycles. The molecule has 1 aliphatic rings. The number of carbonyl (C=O) groups is 1. The number of aromatic nitrogens is 2. The molecule has 5 nitrogen and oxygen atoms in total. The summed E-state index contributed by atoms with van der Waals surface area (Å²) >= 11 is 1.77. The number of thiophene rings is 1. The van der Waals surface area contributed by atoms with E-state index in [-0.39, 0.29) is 5.78 Å². The molecule has 0 spiro atoms. The van der Waals surface area contributed by atoms with Crippen LogP contribution in [-0.4, -0.2) is 53.4 Å². The highest BCUT2D eigenvalue weighted by Gasteiger charge is 2.20. The van der Waals surface area contributed by atoms with E-state index in [1.165, 1.54) is 10.3 Å². The molecule has 1 saturated heterocycles. The fraction of sp³-hybridized carbons (Fsp3) is 0.588. The second-order valence-electron chi connectivity index (χ2n) is 6.12. The smallest absolute Gasteiger partial charge is 0.140 e. The maximum absolute atomic E-state index is 11.0. The van der Waals surface area contributed by atoms with Crippen LogP contribution in [0, 0.1) is 0 Å². The molecule has 0 aliphatic carbocycles. The molecule has 2 aromatic rings. The number of rotatable bonds is 6. The molecular formula is C17H24N4OS. The number of nitrogens with zero attached hydrogens (tertiary/aromatic N) is 4. The number of anilines is 1. The largest absolute Gasteiger partial charge is 0.353 e. The zero-order valence-electron chi connectivity index (χ0n) is 13.9. The van der Waals surface area contributed by atoms with E-state index in [2.05, 4.69) is 32.8 Å². The van der Waals surface area contributed by atoms with Crippen molar-refractivity contribution in [1.29, 1.82) is 0 Å². The topological polar surface area (TPSA) is 49.3 Å². The summed E-state index contributed by atoms with van der Waals surface area (Å²) in [5.74, 6) is 1.37. The Hall–Kier alpha value is -1.53. The van der Waals surface area contributed by atoms with Crippen LogP contribution in [0.4, 0.5) is 5.82 Å². The van der Waals surface area contributed by atoms with E-state index in [4.69, 9.17) is 0 Å². The Kier molecular flexibility index (Phi) is 5.23. The number of Topliss-reactive ketones (excluding diaryl/α,β-unsaturated/α-hetero) is 1. The number of ketones is 1. The van der Waals surface area contributed by atoms with Crippen LogP contribution in [0.25, 0.3) is 10.2 Å². The Morgan fingerprint density at radius 2 is 2.04 bits per heavy atom. The predicted molar refractivity (Wildman–Crippen MR) is 95.4 cm³/mol. The molecule has 0 radical (unpaired) electrons. The van der Waals surface area contributed by atoms with E-state index in [1.807, 2.05) is 0 Å². The summed E-state index contributed by atoms with van der Waals surface area (Å²) in [6.45, 7) is 8.92. The lowest BCUT2D eigenvalue weighted by atomic mass is 10.2. The first-order chi connectivity index (χ1) is 11.2. The summed E-state index contributed by atoms with van der Waals surface area (Å²) in [7, 11) is 0. The number of fused-ring (bicyclic) bond motifs is 1. The van der Waals surface area contributed by atoms with Crippen LogP contribution in [0.1, 0.15) is 31.6 Å². The quantitative estimate of drug-likeness (QED) is 0.814. The molecule has 3 rings (SSSR count). The number of aryl methyl sites for hydroxylation is 1. The number of hydrogen-bond acceptors (Lipinski definition) is 6. The maximum atomic E-state index is 11.0. The Labute approximate surface area is 141 Å². The van der Waals surface area contributed by atoms with Crippen LogP contribution >= 0.6 is 11.3 Å². The third-order valence-electron chi connectivity index (χ3n) is 4.38. The zero-order valence-corrected chi connectivity index (χ0v) is 14.7. The van der Waals surface area contributed by atoms with Crippen molar-refractivity contribution in [2.45, 2.75) is 33.1 Å². The Morgan fingerprint density at radius 1 is 1.26 bits per heavy atom. The molecule has 0 amide bonds. The molecule has 23 heavy (non-hydrogen) atoms. The van der Waals surface area contributed by atoms with E-state index in [9.17, 15) is 4.79 Å². The van der Waals surface area contributed by atoms with E-state index >= 15 is 0 Å². The van der Waals surface area contributed by atoms with Crippen LogP contribution in [0.5, 0.6) is 0 Å². The van der Waals surface area contributed by atoms with Crippen molar-refractivity contribution in [3.8, 4) is 0 Å². The van der Waals surface area contributed by atoms with Gasteiger partial charge < -0.3 is 9.69 Å². The van der Waals surface area contributed by atoms with Crippen LogP contribution in [0.15, 0.2) is 12.4 Å². The van der Waals surface area contributed by atoms with Gasteiger partial charge in [-0.15, -0.1) is 11.3 Å². The van der Waals surface area contributed by atoms with Crippen molar-refractivity contribution in [3.05, 3.63) is 17.3 Å². The minimum Gasteiger partial charge on any atom is -0.353 e. The third kappa shape index (κ3) is 3.87. The average molecular weight is 332 g/mol. The van der Waals surface area contributed by atoms with Gasteiger partial charge in [0.25, 0.3) is 0 Å². The van der Waals surface area contributed by atoms with Crippen molar-refractivity contribution in [1.82, 2.24) is 14.9 Å². The molecule has 1 aliphatic heterocycles. The van der Waals surface area contributed by atoms with Crippen LogP contribution in [0.3, 0.4) is 0 Å². The van der Waals surface area contributed by atoms with Gasteiger partial charge in [0.15, 0.2) is 0 Å². The van der Waals surface area contributed by atoms with Crippen molar-refractivity contribution in [3.63, 3.8) is 0 Å². The van der Waals surface area contributed by atoms with E-state index in [0.29, 0.717) is 6.42 Å². The lowest BCUT2D eigenvalue weighted by Gasteiger charge is -2.35. The summed E-state index contributed by atoms with van der Waals surface area (Å²) < 4.78 is 0. The molecule has 3 heterocycles. The van der Waals surface area contributed by atoms with Crippen LogP contribution in [-0.2, 0) is 11.2 Å². The van der Waals surface area contributed by atoms with Gasteiger partial charge in [-0.1, -0.05) is 6.92 Å². The highest BCUT2D eigenvalue weighted by atomic mass is 32.1. The van der Waals surface area contributed by atoms with Gasteiger partial charge in [-0.05, 0) is 32.4 Å². The second kappa shape index (κ2) is 7.36. The molecule has 6 heteroatoms. The lowest BCUT2D eigenvalue weighted by molar-refractivity contribution is -0.117. The summed E-state index contributed by atoms with van der Waals surface area (Å²) in [5.41, 5.74) is 0. The van der Waals surface area contributed by atoms with Crippen molar-refractivity contribution in [2.24, 2.45) is 0 Å². The Bertz CT molecular complexity index is 676. The molecule has 2 aromatic heterocycles. The van der Waals surface area contributed by atoms with E-state index in [0.717, 1.165) is 56.2 Å². The standard InChI is InChI=1S/C17H24N4OS/c1-3-14-11-15-16(18-12-19-17(15)23-14)21-9-7-20(8-10-21)6-4-5-13(2)22/h11-12H,3-10H2,1-2H3. The molecular weight excluding hydrogens is 308 g/mol. The van der Waals surface area contributed by atoms with Crippen molar-refractivity contribution in [2.75, 3.05) is 37.6 Å². The fourth-order valence-corrected chi connectivity index (χ4v) is 3.98. The highest BCUT2D eigenvalue weighted by Crippen LogP contribution is 2.30. The molecule has 0 saturated carbocycles. The maximum Gasteiger partial charge on any atom is 0.140 e. The van der Waals surface area contributed by atoms with Gasteiger partial charge >= 0.3 is 0 Å². The van der Waals surface area contributed by atoms with Crippen LogP contribution < -0.4 is 4.90 Å².